The minimum absolute atomic E-state index is 0.0825. The van der Waals surface area contributed by atoms with E-state index in [-0.39, 0.29) is 12.0 Å². The molecule has 0 radical (unpaired) electrons. The molecule has 1 amide bonds. The van der Waals surface area contributed by atoms with Crippen LogP contribution in [0.25, 0.3) is 0 Å². The predicted octanol–water partition coefficient (Wildman–Crippen LogP) is 1.73. The number of thioether (sulfide) groups is 1. The van der Waals surface area contributed by atoms with Crippen LogP contribution in [-0.2, 0) is 9.53 Å². The molecule has 4 nitrogen and oxygen atoms in total. The van der Waals surface area contributed by atoms with Gasteiger partial charge in [0.15, 0.2) is 0 Å². The van der Waals surface area contributed by atoms with Crippen molar-refractivity contribution in [1.82, 2.24) is 5.32 Å². The fraction of sp³-hybridized carbons (Fsp3) is 0.462. The molecule has 18 heavy (non-hydrogen) atoms. The highest BCUT2D eigenvalue weighted by Crippen LogP contribution is 2.21. The average Bonchev–Trinajstić information content (AvgIpc) is 2.40. The van der Waals surface area contributed by atoms with Gasteiger partial charge in [-0.25, -0.2) is 0 Å². The van der Waals surface area contributed by atoms with Gasteiger partial charge in [-0.05, 0) is 24.0 Å². The number of amides is 1. The number of ether oxygens (including phenoxy) is 1. The number of hydrogen-bond donors (Lipinski definition) is 2. The van der Waals surface area contributed by atoms with E-state index in [4.69, 9.17) is 4.74 Å². The molecule has 1 saturated heterocycles. The second-order valence-corrected chi connectivity index (χ2v) is 5.35. The second-order valence-electron chi connectivity index (χ2n) is 4.01. The predicted molar refractivity (Wildman–Crippen MR) is 74.1 cm³/mol. The summed E-state index contributed by atoms with van der Waals surface area (Å²) in [6.07, 6.45) is -0.388. The second kappa shape index (κ2) is 6.78. The number of carbonyl (C=O) groups is 1. The lowest BCUT2D eigenvalue weighted by Crippen LogP contribution is -2.45. The van der Waals surface area contributed by atoms with Crippen LogP contribution in [0.5, 0.6) is 0 Å². The zero-order chi connectivity index (χ0) is 12.8. The maximum absolute atomic E-state index is 12.0. The Labute approximate surface area is 111 Å². The Bertz CT molecular complexity index is 406. The van der Waals surface area contributed by atoms with E-state index in [0.717, 1.165) is 22.9 Å². The van der Waals surface area contributed by atoms with Gasteiger partial charge in [0.1, 0.15) is 6.10 Å². The molecule has 0 spiro atoms. The van der Waals surface area contributed by atoms with Gasteiger partial charge in [-0.3, -0.25) is 4.79 Å². The zero-order valence-electron chi connectivity index (χ0n) is 10.4. The molecule has 0 saturated carbocycles. The number of morpholine rings is 1. The summed E-state index contributed by atoms with van der Waals surface area (Å²) in [6.45, 7) is 4.09. The first kappa shape index (κ1) is 13.4. The molecule has 1 aromatic carbocycles. The van der Waals surface area contributed by atoms with E-state index in [2.05, 4.69) is 17.6 Å². The monoisotopic (exact) mass is 266 g/mol. The van der Waals surface area contributed by atoms with Crippen molar-refractivity contribution in [2.75, 3.05) is 30.8 Å². The molecule has 98 valence electrons. The Hall–Kier alpha value is -1.04. The summed E-state index contributed by atoms with van der Waals surface area (Å²) < 4.78 is 5.41. The van der Waals surface area contributed by atoms with Gasteiger partial charge in [0.2, 0.25) is 0 Å². The number of anilines is 1. The third-order valence-electron chi connectivity index (χ3n) is 2.63. The van der Waals surface area contributed by atoms with Crippen LogP contribution in [0.3, 0.4) is 0 Å². The van der Waals surface area contributed by atoms with E-state index < -0.39 is 0 Å². The molecule has 5 heteroatoms. The van der Waals surface area contributed by atoms with Crippen LogP contribution in [0, 0.1) is 0 Å². The molecule has 1 heterocycles. The fourth-order valence-electron chi connectivity index (χ4n) is 1.79. The number of nitrogens with one attached hydrogen (secondary N) is 2. The summed E-state index contributed by atoms with van der Waals surface area (Å²) in [6, 6.07) is 7.88. The van der Waals surface area contributed by atoms with E-state index in [1.807, 2.05) is 24.3 Å². The Kier molecular flexibility index (Phi) is 5.04. The lowest BCUT2D eigenvalue weighted by atomic mass is 10.2. The molecular formula is C13H18N2O2S. The van der Waals surface area contributed by atoms with Crippen LogP contribution in [0.15, 0.2) is 29.2 Å². The first-order valence-corrected chi connectivity index (χ1v) is 7.14. The molecular weight excluding hydrogens is 248 g/mol. The minimum atomic E-state index is -0.388. The summed E-state index contributed by atoms with van der Waals surface area (Å²) in [5.74, 6) is 0.938. The molecule has 0 aliphatic carbocycles. The first-order valence-electron chi connectivity index (χ1n) is 6.15. The summed E-state index contributed by atoms with van der Waals surface area (Å²) in [5.41, 5.74) is 0.827. The standard InChI is InChI=1S/C13H18N2O2S/c1-2-18-11-5-3-4-10(8-11)15-13(16)12-9-14-6-7-17-12/h3-5,8,12,14H,2,6-7,9H2,1H3,(H,15,16). The highest BCUT2D eigenvalue weighted by molar-refractivity contribution is 7.99. The van der Waals surface area contributed by atoms with Crippen molar-refractivity contribution in [2.24, 2.45) is 0 Å². The van der Waals surface area contributed by atoms with Crippen LogP contribution < -0.4 is 10.6 Å². The van der Waals surface area contributed by atoms with Crippen molar-refractivity contribution >= 4 is 23.4 Å². The summed E-state index contributed by atoms with van der Waals surface area (Å²) >= 11 is 1.76. The minimum Gasteiger partial charge on any atom is -0.366 e. The topological polar surface area (TPSA) is 50.4 Å². The Morgan fingerprint density at radius 2 is 2.50 bits per heavy atom. The van der Waals surface area contributed by atoms with Crippen molar-refractivity contribution in [3.8, 4) is 0 Å². The molecule has 0 aromatic heterocycles. The van der Waals surface area contributed by atoms with E-state index >= 15 is 0 Å². The lowest BCUT2D eigenvalue weighted by Gasteiger charge is -2.22. The van der Waals surface area contributed by atoms with E-state index in [9.17, 15) is 4.79 Å². The van der Waals surface area contributed by atoms with Crippen molar-refractivity contribution in [2.45, 2.75) is 17.9 Å². The average molecular weight is 266 g/mol. The van der Waals surface area contributed by atoms with Crippen molar-refractivity contribution in [3.05, 3.63) is 24.3 Å². The summed E-state index contributed by atoms with van der Waals surface area (Å²) in [4.78, 5) is 13.1. The van der Waals surface area contributed by atoms with Crippen LogP contribution >= 0.6 is 11.8 Å². The summed E-state index contributed by atoms with van der Waals surface area (Å²) in [5, 5.41) is 6.04. The number of carbonyl (C=O) groups excluding carboxylic acids is 1. The van der Waals surface area contributed by atoms with E-state index in [1.165, 1.54) is 0 Å². The third-order valence-corrected chi connectivity index (χ3v) is 3.51. The molecule has 1 unspecified atom stereocenters. The molecule has 1 fully saturated rings. The Balaban J connectivity index is 1.95. The number of benzene rings is 1. The molecule has 2 N–H and O–H groups in total. The molecule has 0 bridgehead atoms. The Morgan fingerprint density at radius 3 is 3.22 bits per heavy atom. The largest absolute Gasteiger partial charge is 0.366 e. The molecule has 1 aromatic rings. The molecule has 2 rings (SSSR count). The maximum atomic E-state index is 12.0. The quantitative estimate of drug-likeness (QED) is 0.815. The van der Waals surface area contributed by atoms with Gasteiger partial charge in [-0.1, -0.05) is 13.0 Å². The van der Waals surface area contributed by atoms with Gasteiger partial charge in [0, 0.05) is 23.7 Å². The first-order chi connectivity index (χ1) is 8.79. The number of rotatable bonds is 4. The molecule has 1 aliphatic rings. The summed E-state index contributed by atoms with van der Waals surface area (Å²) in [7, 11) is 0. The normalized spacial score (nSPS) is 19.5. The molecule has 1 aliphatic heterocycles. The SMILES string of the molecule is CCSc1cccc(NC(=O)C2CNCCO2)c1. The van der Waals surface area contributed by atoms with Gasteiger partial charge in [0.05, 0.1) is 6.61 Å². The van der Waals surface area contributed by atoms with Gasteiger partial charge >= 0.3 is 0 Å². The fourth-order valence-corrected chi connectivity index (χ4v) is 2.51. The highest BCUT2D eigenvalue weighted by Gasteiger charge is 2.21. The Morgan fingerprint density at radius 1 is 1.61 bits per heavy atom. The van der Waals surface area contributed by atoms with Gasteiger partial charge < -0.3 is 15.4 Å². The zero-order valence-corrected chi connectivity index (χ0v) is 11.3. The van der Waals surface area contributed by atoms with Gasteiger partial charge in [0.25, 0.3) is 5.91 Å². The van der Waals surface area contributed by atoms with Crippen LogP contribution in [0.4, 0.5) is 5.69 Å². The van der Waals surface area contributed by atoms with E-state index in [1.54, 1.807) is 11.8 Å². The third kappa shape index (κ3) is 3.73. The maximum Gasteiger partial charge on any atom is 0.254 e. The van der Waals surface area contributed by atoms with Crippen molar-refractivity contribution in [3.63, 3.8) is 0 Å². The van der Waals surface area contributed by atoms with Crippen molar-refractivity contribution < 1.29 is 9.53 Å². The van der Waals surface area contributed by atoms with Gasteiger partial charge in [-0.15, -0.1) is 11.8 Å². The van der Waals surface area contributed by atoms with Crippen LogP contribution in [0.2, 0.25) is 0 Å². The van der Waals surface area contributed by atoms with Crippen LogP contribution in [-0.4, -0.2) is 37.5 Å². The van der Waals surface area contributed by atoms with E-state index in [0.29, 0.717) is 13.2 Å². The smallest absolute Gasteiger partial charge is 0.254 e. The van der Waals surface area contributed by atoms with Crippen LogP contribution in [0.1, 0.15) is 6.92 Å². The number of hydrogen-bond acceptors (Lipinski definition) is 4. The lowest BCUT2D eigenvalue weighted by molar-refractivity contribution is -0.128. The molecule has 1 atom stereocenters. The van der Waals surface area contributed by atoms with Crippen molar-refractivity contribution in [1.29, 1.82) is 0 Å². The van der Waals surface area contributed by atoms with Gasteiger partial charge in [-0.2, -0.15) is 0 Å². The highest BCUT2D eigenvalue weighted by atomic mass is 32.2.